The van der Waals surface area contributed by atoms with E-state index in [1.807, 2.05) is 24.3 Å². The minimum absolute atomic E-state index is 0.226. The number of ether oxygens (including phenoxy) is 2. The van der Waals surface area contributed by atoms with Crippen LogP contribution in [0.1, 0.15) is 17.5 Å². The van der Waals surface area contributed by atoms with Gasteiger partial charge in [-0.1, -0.05) is 30.3 Å². The molecule has 0 bridgehead atoms. The lowest BCUT2D eigenvalue weighted by molar-refractivity contribution is -0.903. The quantitative estimate of drug-likeness (QED) is 0.400. The van der Waals surface area contributed by atoms with Crippen molar-refractivity contribution in [3.8, 4) is 22.8 Å². The molecule has 0 spiro atoms. The molecule has 2 heterocycles. The summed E-state index contributed by atoms with van der Waals surface area (Å²) in [6.45, 7) is 3.37. The van der Waals surface area contributed by atoms with Gasteiger partial charge in [-0.2, -0.15) is 4.98 Å². The molecule has 1 aliphatic heterocycles. The second-order valence-electron chi connectivity index (χ2n) is 9.16. The number of hydrogen-bond acceptors (Lipinski definition) is 5. The van der Waals surface area contributed by atoms with Crippen molar-refractivity contribution in [1.29, 1.82) is 0 Å². The number of aryl methyl sites for hydroxylation is 1. The molecule has 3 aromatic rings. The van der Waals surface area contributed by atoms with Gasteiger partial charge in [0.1, 0.15) is 12.4 Å². The highest BCUT2D eigenvalue weighted by molar-refractivity contribution is 5.71. The molecule has 7 heteroatoms. The first-order chi connectivity index (χ1) is 15.9. The van der Waals surface area contributed by atoms with Crippen LogP contribution in [0.2, 0.25) is 0 Å². The first kappa shape index (κ1) is 22.9. The van der Waals surface area contributed by atoms with E-state index >= 15 is 0 Å². The highest BCUT2D eigenvalue weighted by Gasteiger charge is 2.22. The van der Waals surface area contributed by atoms with Gasteiger partial charge in [-0.25, -0.2) is 4.79 Å². The number of quaternary nitrogens is 1. The van der Waals surface area contributed by atoms with Crippen molar-refractivity contribution in [3.63, 3.8) is 0 Å². The van der Waals surface area contributed by atoms with Gasteiger partial charge in [-0.3, -0.25) is 4.57 Å². The number of benzene rings is 2. The van der Waals surface area contributed by atoms with E-state index < -0.39 is 0 Å². The van der Waals surface area contributed by atoms with Gasteiger partial charge < -0.3 is 19.3 Å². The normalized spacial score (nSPS) is 12.6. The van der Waals surface area contributed by atoms with E-state index in [2.05, 4.69) is 48.7 Å². The third-order valence-corrected chi connectivity index (χ3v) is 6.20. The fraction of sp³-hybridized carbons (Fsp3) is 0.385. The third-order valence-electron chi connectivity index (χ3n) is 6.20. The van der Waals surface area contributed by atoms with E-state index in [0.717, 1.165) is 53.8 Å². The molecule has 174 valence electrons. The minimum atomic E-state index is -0.226. The van der Waals surface area contributed by atoms with Gasteiger partial charge in [0, 0.05) is 36.7 Å². The summed E-state index contributed by atoms with van der Waals surface area (Å²) in [7, 11) is 7.75. The van der Waals surface area contributed by atoms with Gasteiger partial charge in [0.15, 0.2) is 11.5 Å². The fourth-order valence-corrected chi connectivity index (χ4v) is 4.51. The monoisotopic (exact) mass is 449 g/mol. The third kappa shape index (κ3) is 5.20. The Hall–Kier alpha value is -3.32. The van der Waals surface area contributed by atoms with E-state index in [-0.39, 0.29) is 5.69 Å². The lowest BCUT2D eigenvalue weighted by Crippen LogP contribution is -2.40. The Morgan fingerprint density at radius 2 is 1.79 bits per heavy atom. The van der Waals surface area contributed by atoms with Gasteiger partial charge in [0.25, 0.3) is 0 Å². The van der Waals surface area contributed by atoms with Gasteiger partial charge >= 0.3 is 5.69 Å². The van der Waals surface area contributed by atoms with Crippen molar-refractivity contribution < 1.29 is 14.0 Å². The van der Waals surface area contributed by atoms with Crippen molar-refractivity contribution in [3.05, 3.63) is 70.1 Å². The molecule has 0 fully saturated rings. The van der Waals surface area contributed by atoms with Crippen LogP contribution in [0.5, 0.6) is 11.5 Å². The van der Waals surface area contributed by atoms with E-state index in [4.69, 9.17) is 9.47 Å². The topological polar surface area (TPSA) is 65.4 Å². The Bertz CT molecular complexity index is 1170. The van der Waals surface area contributed by atoms with Crippen LogP contribution in [0.4, 0.5) is 5.82 Å². The average Bonchev–Trinajstić information content (AvgIpc) is 2.81. The van der Waals surface area contributed by atoms with Gasteiger partial charge in [-0.15, -0.1) is 0 Å². The van der Waals surface area contributed by atoms with Crippen LogP contribution in [-0.2, 0) is 19.5 Å². The maximum atomic E-state index is 12.7. The highest BCUT2D eigenvalue weighted by atomic mass is 16.5. The van der Waals surface area contributed by atoms with Crippen LogP contribution in [0.3, 0.4) is 0 Å². The molecular formula is C26H33N4O3+. The number of aromatic nitrogens is 2. The predicted octanol–water partition coefficient (Wildman–Crippen LogP) is 3.56. The van der Waals surface area contributed by atoms with Gasteiger partial charge in [-0.05, 0) is 24.1 Å². The number of methoxy groups -OCH3 is 2. The van der Waals surface area contributed by atoms with Crippen LogP contribution in [0, 0.1) is 0 Å². The summed E-state index contributed by atoms with van der Waals surface area (Å²) in [5.41, 5.74) is 4.10. The molecule has 1 aromatic heterocycles. The van der Waals surface area contributed by atoms with Gasteiger partial charge in [0.2, 0.25) is 0 Å². The van der Waals surface area contributed by atoms with E-state index in [9.17, 15) is 4.79 Å². The van der Waals surface area contributed by atoms with E-state index in [1.165, 1.54) is 5.56 Å². The maximum absolute atomic E-state index is 12.7. The summed E-state index contributed by atoms with van der Waals surface area (Å²) in [4.78, 5) is 17.0. The molecule has 0 unspecified atom stereocenters. The zero-order valence-electron chi connectivity index (χ0n) is 19.9. The summed E-state index contributed by atoms with van der Waals surface area (Å²) in [5.74, 6) is 1.97. The van der Waals surface area contributed by atoms with Crippen molar-refractivity contribution >= 4 is 5.82 Å². The Kier molecular flexibility index (Phi) is 6.70. The second kappa shape index (κ2) is 9.67. The number of fused-ring (bicyclic) bond motifs is 3. The molecule has 0 radical (unpaired) electrons. The van der Waals surface area contributed by atoms with Crippen LogP contribution in [-0.4, -0.2) is 55.4 Å². The van der Waals surface area contributed by atoms with Crippen LogP contribution in [0.25, 0.3) is 11.3 Å². The summed E-state index contributed by atoms with van der Waals surface area (Å²) in [6, 6.07) is 16.5. The Morgan fingerprint density at radius 3 is 2.52 bits per heavy atom. The molecule has 33 heavy (non-hydrogen) atoms. The molecule has 0 saturated heterocycles. The molecule has 1 N–H and O–H groups in total. The van der Waals surface area contributed by atoms with Gasteiger partial charge in [0.05, 0.1) is 40.6 Å². The van der Waals surface area contributed by atoms with Crippen LogP contribution < -0.4 is 20.5 Å². The standard InChI is InChI=1S/C26H32N4O3/c1-30(2,18-19-9-6-5-7-10-19)14-8-12-27-25-17-22-21-16-24(33-4)23(32-3)15-20(21)11-13-29(22)26(31)28-25/h5-7,9-10,15-17H,8,11-14,18H2,1-4H3/p+1. The van der Waals surface area contributed by atoms with Crippen molar-refractivity contribution in [2.75, 3.05) is 46.7 Å². The fourth-order valence-electron chi connectivity index (χ4n) is 4.51. The Morgan fingerprint density at radius 1 is 1.06 bits per heavy atom. The molecule has 0 amide bonds. The summed E-state index contributed by atoms with van der Waals surface area (Å²) >= 11 is 0. The molecule has 0 atom stereocenters. The highest BCUT2D eigenvalue weighted by Crippen LogP contribution is 2.38. The largest absolute Gasteiger partial charge is 0.493 e. The molecule has 1 aliphatic rings. The summed E-state index contributed by atoms with van der Waals surface area (Å²) in [5, 5.41) is 3.36. The van der Waals surface area contributed by atoms with Crippen LogP contribution >= 0.6 is 0 Å². The van der Waals surface area contributed by atoms with Crippen molar-refractivity contribution in [1.82, 2.24) is 9.55 Å². The number of anilines is 1. The zero-order valence-corrected chi connectivity index (χ0v) is 19.9. The SMILES string of the molecule is COc1cc2c(cc1OC)-c1cc(NCCC[N+](C)(C)Cc3ccccc3)nc(=O)n1CC2. The maximum Gasteiger partial charge on any atom is 0.349 e. The average molecular weight is 450 g/mol. The van der Waals surface area contributed by atoms with E-state index in [1.54, 1.807) is 18.8 Å². The van der Waals surface area contributed by atoms with E-state index in [0.29, 0.717) is 23.9 Å². The predicted molar refractivity (Wildman–Crippen MR) is 131 cm³/mol. The zero-order chi connectivity index (χ0) is 23.4. The molecule has 0 aliphatic carbocycles. The molecule has 4 rings (SSSR count). The Labute approximate surface area is 195 Å². The number of nitrogens with one attached hydrogen (secondary N) is 1. The molecule has 0 saturated carbocycles. The molecule has 2 aromatic carbocycles. The Balaban J connectivity index is 1.46. The number of nitrogens with zero attached hydrogens (tertiary/aromatic N) is 3. The first-order valence-corrected chi connectivity index (χ1v) is 11.4. The molecular weight excluding hydrogens is 416 g/mol. The molecule has 7 nitrogen and oxygen atoms in total. The summed E-state index contributed by atoms with van der Waals surface area (Å²) in [6.07, 6.45) is 1.73. The number of rotatable bonds is 9. The second-order valence-corrected chi connectivity index (χ2v) is 9.16. The summed E-state index contributed by atoms with van der Waals surface area (Å²) < 4.78 is 13.6. The first-order valence-electron chi connectivity index (χ1n) is 11.4. The number of hydrogen-bond donors (Lipinski definition) is 1. The van der Waals surface area contributed by atoms with Crippen molar-refractivity contribution in [2.45, 2.75) is 25.9 Å². The van der Waals surface area contributed by atoms with Crippen LogP contribution in [0.15, 0.2) is 53.3 Å². The lowest BCUT2D eigenvalue weighted by atomic mass is 9.97. The minimum Gasteiger partial charge on any atom is -0.493 e. The van der Waals surface area contributed by atoms with Crippen molar-refractivity contribution in [2.24, 2.45) is 0 Å². The lowest BCUT2D eigenvalue weighted by Gasteiger charge is -2.30. The smallest absolute Gasteiger partial charge is 0.349 e.